The maximum Gasteiger partial charge on any atom is 0.161 e. The second kappa shape index (κ2) is 11.9. The summed E-state index contributed by atoms with van der Waals surface area (Å²) in [5.74, 6) is 2.00. The Kier molecular flexibility index (Phi) is 8.39. The van der Waals surface area contributed by atoms with Crippen LogP contribution >= 0.6 is 0 Å². The minimum absolute atomic E-state index is 0.198. The number of benzene rings is 3. The number of allylic oxidation sites excluding steroid dienone is 4. The number of hydrogen-bond acceptors (Lipinski definition) is 4. The van der Waals surface area contributed by atoms with Crippen LogP contribution in [0.3, 0.4) is 0 Å². The third kappa shape index (κ3) is 6.65. The Morgan fingerprint density at radius 3 is 2.00 bits per heavy atom. The lowest BCUT2D eigenvalue weighted by atomic mass is 9.87. The molecule has 0 atom stereocenters. The molecule has 3 aromatic rings. The van der Waals surface area contributed by atoms with E-state index < -0.39 is 0 Å². The minimum atomic E-state index is 0.198. The van der Waals surface area contributed by atoms with E-state index in [4.69, 9.17) is 9.47 Å². The minimum Gasteiger partial charge on any atom is -0.473 e. The number of rotatable bonds is 4. The van der Waals surface area contributed by atoms with E-state index in [1.165, 1.54) is 22.4 Å². The van der Waals surface area contributed by atoms with Gasteiger partial charge < -0.3 is 19.3 Å². The average Bonchev–Trinajstić information content (AvgIpc) is 2.92. The number of ether oxygens (including phenoxy) is 2. The van der Waals surface area contributed by atoms with Gasteiger partial charge in [-0.1, -0.05) is 88.0 Å². The van der Waals surface area contributed by atoms with E-state index in [1.807, 2.05) is 49.4 Å². The molecule has 2 aliphatic rings. The molecule has 2 heterocycles. The Morgan fingerprint density at radius 2 is 1.41 bits per heavy atom. The van der Waals surface area contributed by atoms with Gasteiger partial charge in [-0.05, 0) is 54.3 Å². The van der Waals surface area contributed by atoms with Crippen molar-refractivity contribution in [2.24, 2.45) is 0 Å². The lowest BCUT2D eigenvalue weighted by molar-refractivity contribution is 0.132. The van der Waals surface area contributed by atoms with Crippen LogP contribution in [0.5, 0.6) is 11.5 Å². The SMILES string of the molecule is C=C/C=C(\C=C/C)N1COc2ccccc2C1.CC(C)(C)c1ccc(N2COc3ccccc3C2)cc1. The van der Waals surface area contributed by atoms with Crippen molar-refractivity contribution in [3.05, 3.63) is 126 Å². The topological polar surface area (TPSA) is 24.9 Å². The molecule has 0 N–H and O–H groups in total. The van der Waals surface area contributed by atoms with E-state index in [0.29, 0.717) is 13.5 Å². The Labute approximate surface area is 222 Å². The Morgan fingerprint density at radius 1 is 0.811 bits per heavy atom. The van der Waals surface area contributed by atoms with Crippen molar-refractivity contribution in [3.8, 4) is 11.5 Å². The van der Waals surface area contributed by atoms with E-state index >= 15 is 0 Å². The lowest BCUT2D eigenvalue weighted by Gasteiger charge is -2.31. The Hall–Kier alpha value is -3.92. The molecule has 0 saturated heterocycles. The van der Waals surface area contributed by atoms with Gasteiger partial charge in [-0.15, -0.1) is 0 Å². The maximum absolute atomic E-state index is 5.81. The van der Waals surface area contributed by atoms with E-state index in [0.717, 1.165) is 30.3 Å². The van der Waals surface area contributed by atoms with Crippen LogP contribution in [0.25, 0.3) is 0 Å². The molecule has 0 aliphatic carbocycles. The summed E-state index contributed by atoms with van der Waals surface area (Å²) in [6.07, 6.45) is 7.89. The van der Waals surface area contributed by atoms with E-state index in [9.17, 15) is 0 Å². The van der Waals surface area contributed by atoms with Crippen molar-refractivity contribution in [1.29, 1.82) is 0 Å². The first-order valence-electron chi connectivity index (χ1n) is 12.9. The van der Waals surface area contributed by atoms with Gasteiger partial charge in [-0.2, -0.15) is 0 Å². The van der Waals surface area contributed by atoms with Gasteiger partial charge in [-0.3, -0.25) is 0 Å². The molecule has 0 unspecified atom stereocenters. The van der Waals surface area contributed by atoms with Gasteiger partial charge in [0.1, 0.15) is 11.5 Å². The van der Waals surface area contributed by atoms with Crippen molar-refractivity contribution in [2.75, 3.05) is 18.4 Å². The van der Waals surface area contributed by atoms with Gasteiger partial charge in [0.2, 0.25) is 0 Å². The highest BCUT2D eigenvalue weighted by atomic mass is 16.5. The second-order valence-electron chi connectivity index (χ2n) is 10.3. The molecule has 0 saturated carbocycles. The molecule has 4 nitrogen and oxygen atoms in total. The summed E-state index contributed by atoms with van der Waals surface area (Å²) in [4.78, 5) is 4.44. The molecule has 192 valence electrons. The summed E-state index contributed by atoms with van der Waals surface area (Å²) in [6.45, 7) is 15.5. The Bertz CT molecular complexity index is 1250. The molecular formula is C33H38N2O2. The normalized spacial score (nSPS) is 15.1. The van der Waals surface area contributed by atoms with Crippen LogP contribution in [0.4, 0.5) is 5.69 Å². The van der Waals surface area contributed by atoms with Crippen LogP contribution in [-0.2, 0) is 18.5 Å². The quantitative estimate of drug-likeness (QED) is 0.345. The first-order valence-corrected chi connectivity index (χ1v) is 12.9. The molecule has 5 rings (SSSR count). The molecule has 0 aromatic heterocycles. The van der Waals surface area contributed by atoms with Crippen LogP contribution in [0.1, 0.15) is 44.4 Å². The molecular weight excluding hydrogens is 456 g/mol. The van der Waals surface area contributed by atoms with Crippen LogP contribution in [0.15, 0.2) is 109 Å². The smallest absolute Gasteiger partial charge is 0.161 e. The fourth-order valence-corrected chi connectivity index (χ4v) is 4.41. The summed E-state index contributed by atoms with van der Waals surface area (Å²) in [5, 5.41) is 0. The standard InChI is InChI=1S/C18H21NO.C15H17NO/c1-18(2,3)15-8-10-16(11-9-15)19-12-14-6-4-5-7-17(14)20-13-19;1-3-7-14(8-4-2)16-11-13-9-5-6-10-15(13)17-12-16/h4-11H,12-13H2,1-3H3;3-10H,1,11-12H2,2H3/b;8-4-,14-7+. The molecule has 0 spiro atoms. The van der Waals surface area contributed by atoms with Gasteiger partial charge in [0.05, 0.1) is 0 Å². The summed E-state index contributed by atoms with van der Waals surface area (Å²) >= 11 is 0. The van der Waals surface area contributed by atoms with Crippen molar-refractivity contribution >= 4 is 5.69 Å². The lowest BCUT2D eigenvalue weighted by Crippen LogP contribution is -2.31. The first kappa shape index (κ1) is 26.2. The molecule has 0 radical (unpaired) electrons. The van der Waals surface area contributed by atoms with Crippen molar-refractivity contribution in [3.63, 3.8) is 0 Å². The van der Waals surface area contributed by atoms with E-state index in [2.05, 4.69) is 85.7 Å². The van der Waals surface area contributed by atoms with Crippen molar-refractivity contribution in [2.45, 2.75) is 46.2 Å². The fourth-order valence-electron chi connectivity index (χ4n) is 4.41. The molecule has 0 bridgehead atoms. The molecule has 0 fully saturated rings. The van der Waals surface area contributed by atoms with Crippen LogP contribution in [-0.4, -0.2) is 18.4 Å². The number of fused-ring (bicyclic) bond motifs is 2. The van der Waals surface area contributed by atoms with E-state index in [1.54, 1.807) is 6.08 Å². The highest BCUT2D eigenvalue weighted by Gasteiger charge is 2.19. The third-order valence-corrected chi connectivity index (χ3v) is 6.51. The van der Waals surface area contributed by atoms with Crippen LogP contribution in [0, 0.1) is 0 Å². The molecule has 0 amide bonds. The van der Waals surface area contributed by atoms with Gasteiger partial charge >= 0.3 is 0 Å². The molecule has 2 aliphatic heterocycles. The third-order valence-electron chi connectivity index (χ3n) is 6.51. The molecule has 37 heavy (non-hydrogen) atoms. The van der Waals surface area contributed by atoms with Gasteiger partial charge in [0, 0.05) is 35.6 Å². The number of hydrogen-bond donors (Lipinski definition) is 0. The summed E-state index contributed by atoms with van der Waals surface area (Å²) in [5.41, 5.74) is 6.37. The van der Waals surface area contributed by atoms with Gasteiger partial charge in [0.15, 0.2) is 13.5 Å². The predicted octanol–water partition coefficient (Wildman–Crippen LogP) is 7.83. The van der Waals surface area contributed by atoms with Crippen LogP contribution in [0.2, 0.25) is 0 Å². The van der Waals surface area contributed by atoms with Crippen molar-refractivity contribution in [1.82, 2.24) is 4.90 Å². The average molecular weight is 495 g/mol. The highest BCUT2D eigenvalue weighted by Crippen LogP contribution is 2.30. The van der Waals surface area contributed by atoms with Gasteiger partial charge in [0.25, 0.3) is 0 Å². The maximum atomic E-state index is 5.81. The summed E-state index contributed by atoms with van der Waals surface area (Å²) in [6, 6.07) is 25.2. The largest absolute Gasteiger partial charge is 0.473 e. The second-order valence-corrected chi connectivity index (χ2v) is 10.3. The Balaban J connectivity index is 0.000000176. The number of para-hydroxylation sites is 2. The van der Waals surface area contributed by atoms with Gasteiger partial charge in [-0.25, -0.2) is 0 Å². The monoisotopic (exact) mass is 494 g/mol. The number of anilines is 1. The zero-order chi connectivity index (χ0) is 26.3. The predicted molar refractivity (Wildman–Crippen MR) is 154 cm³/mol. The first-order chi connectivity index (χ1) is 17.9. The van der Waals surface area contributed by atoms with Crippen LogP contribution < -0.4 is 14.4 Å². The number of nitrogens with zero attached hydrogens (tertiary/aromatic N) is 2. The zero-order valence-corrected chi connectivity index (χ0v) is 22.5. The highest BCUT2D eigenvalue weighted by molar-refractivity contribution is 5.51. The fraction of sp³-hybridized carbons (Fsp3) is 0.273. The zero-order valence-electron chi connectivity index (χ0n) is 22.5. The van der Waals surface area contributed by atoms with Crippen molar-refractivity contribution < 1.29 is 9.47 Å². The van der Waals surface area contributed by atoms with E-state index in [-0.39, 0.29) is 5.41 Å². The summed E-state index contributed by atoms with van der Waals surface area (Å²) < 4.78 is 11.5. The summed E-state index contributed by atoms with van der Waals surface area (Å²) in [7, 11) is 0. The molecule has 3 aromatic carbocycles. The molecule has 4 heteroatoms.